The number of hydrogen-bond acceptors (Lipinski definition) is 2. The topological polar surface area (TPSA) is 32.3 Å². The van der Waals surface area contributed by atoms with E-state index in [-0.39, 0.29) is 5.41 Å². The van der Waals surface area contributed by atoms with Gasteiger partial charge in [-0.1, -0.05) is 6.42 Å². The lowest BCUT2D eigenvalue weighted by atomic mass is 9.65. The van der Waals surface area contributed by atoms with Gasteiger partial charge in [-0.2, -0.15) is 0 Å². The third-order valence-electron chi connectivity index (χ3n) is 3.56. The van der Waals surface area contributed by atoms with Crippen LogP contribution in [0.1, 0.15) is 25.7 Å². The van der Waals surface area contributed by atoms with E-state index in [0.717, 1.165) is 19.0 Å². The highest BCUT2D eigenvalue weighted by Crippen LogP contribution is 2.45. The molecule has 1 unspecified atom stereocenters. The van der Waals surface area contributed by atoms with Crippen molar-refractivity contribution in [2.45, 2.75) is 25.7 Å². The Morgan fingerprint density at radius 2 is 2.27 bits per heavy atom. The van der Waals surface area contributed by atoms with Gasteiger partial charge in [-0.25, -0.2) is 0 Å². The fraction of sp³-hybridized carbons (Fsp3) is 1.00. The minimum absolute atomic E-state index is 0.276. The Kier molecular flexibility index (Phi) is 1.90. The first-order valence-corrected chi connectivity index (χ1v) is 4.69. The summed E-state index contributed by atoms with van der Waals surface area (Å²) < 4.78 is 0. The molecule has 0 aromatic rings. The molecule has 1 aliphatic heterocycles. The van der Waals surface area contributed by atoms with Gasteiger partial charge in [0.15, 0.2) is 0 Å². The Balaban J connectivity index is 2.02. The van der Waals surface area contributed by atoms with Crippen LogP contribution in [-0.4, -0.2) is 24.8 Å². The van der Waals surface area contributed by atoms with Gasteiger partial charge in [0.05, 0.1) is 6.61 Å². The quantitative estimate of drug-likeness (QED) is 0.617. The summed E-state index contributed by atoms with van der Waals surface area (Å²) in [7, 11) is 0. The van der Waals surface area contributed by atoms with E-state index < -0.39 is 0 Å². The number of aliphatic hydroxyl groups is 1. The van der Waals surface area contributed by atoms with Gasteiger partial charge in [0.1, 0.15) is 0 Å². The minimum atomic E-state index is 0.276. The Hall–Kier alpha value is -0.0800. The molecule has 64 valence electrons. The van der Waals surface area contributed by atoms with E-state index in [9.17, 15) is 5.11 Å². The maximum absolute atomic E-state index is 9.31. The van der Waals surface area contributed by atoms with E-state index in [0.29, 0.717) is 6.61 Å². The molecule has 1 atom stereocenters. The highest BCUT2D eigenvalue weighted by atomic mass is 16.3. The van der Waals surface area contributed by atoms with Crippen molar-refractivity contribution < 1.29 is 5.11 Å². The van der Waals surface area contributed by atoms with E-state index in [4.69, 9.17) is 0 Å². The number of rotatable bonds is 2. The molecule has 0 radical (unpaired) electrons. The van der Waals surface area contributed by atoms with Crippen LogP contribution >= 0.6 is 0 Å². The van der Waals surface area contributed by atoms with Crippen LogP contribution in [-0.2, 0) is 0 Å². The first-order valence-electron chi connectivity index (χ1n) is 4.69. The van der Waals surface area contributed by atoms with Crippen LogP contribution in [0.4, 0.5) is 0 Å². The standard InChI is InChI=1S/C9H17NO/c11-7-9(4-5-10-6-9)8-2-1-3-8/h8,10-11H,1-7H2. The van der Waals surface area contributed by atoms with Crippen LogP contribution < -0.4 is 5.32 Å². The van der Waals surface area contributed by atoms with Gasteiger partial charge in [-0.3, -0.25) is 0 Å². The predicted octanol–water partition coefficient (Wildman–Crippen LogP) is 0.758. The average molecular weight is 155 g/mol. The van der Waals surface area contributed by atoms with Gasteiger partial charge in [0.25, 0.3) is 0 Å². The minimum Gasteiger partial charge on any atom is -0.396 e. The maximum atomic E-state index is 9.31. The summed E-state index contributed by atoms with van der Waals surface area (Å²) in [5.74, 6) is 0.822. The molecule has 0 aromatic carbocycles. The van der Waals surface area contributed by atoms with Crippen molar-refractivity contribution in [2.24, 2.45) is 11.3 Å². The Morgan fingerprint density at radius 1 is 1.45 bits per heavy atom. The second-order valence-electron chi connectivity index (χ2n) is 4.08. The van der Waals surface area contributed by atoms with Crippen molar-refractivity contribution in [3.8, 4) is 0 Å². The van der Waals surface area contributed by atoms with Crippen molar-refractivity contribution in [3.05, 3.63) is 0 Å². The van der Waals surface area contributed by atoms with Crippen LogP contribution in [0.5, 0.6) is 0 Å². The monoisotopic (exact) mass is 155 g/mol. The van der Waals surface area contributed by atoms with Crippen molar-refractivity contribution in [3.63, 3.8) is 0 Å². The molecule has 2 rings (SSSR count). The zero-order valence-electron chi connectivity index (χ0n) is 6.97. The summed E-state index contributed by atoms with van der Waals surface area (Å²) in [6.07, 6.45) is 5.27. The molecular weight excluding hydrogens is 138 g/mol. The molecule has 2 aliphatic rings. The Morgan fingerprint density at radius 3 is 2.64 bits per heavy atom. The van der Waals surface area contributed by atoms with E-state index >= 15 is 0 Å². The number of nitrogens with one attached hydrogen (secondary N) is 1. The zero-order chi connectivity index (χ0) is 7.73. The molecule has 1 heterocycles. The second-order valence-corrected chi connectivity index (χ2v) is 4.08. The summed E-state index contributed by atoms with van der Waals surface area (Å²) >= 11 is 0. The average Bonchev–Trinajstić information content (AvgIpc) is 2.34. The van der Waals surface area contributed by atoms with Crippen molar-refractivity contribution in [1.29, 1.82) is 0 Å². The lowest BCUT2D eigenvalue weighted by Crippen LogP contribution is -2.40. The summed E-state index contributed by atoms with van der Waals surface area (Å²) in [5, 5.41) is 12.7. The summed E-state index contributed by atoms with van der Waals surface area (Å²) in [4.78, 5) is 0. The number of hydrogen-bond donors (Lipinski definition) is 2. The fourth-order valence-corrected chi connectivity index (χ4v) is 2.40. The van der Waals surface area contributed by atoms with Crippen molar-refractivity contribution in [2.75, 3.05) is 19.7 Å². The molecule has 1 saturated heterocycles. The van der Waals surface area contributed by atoms with E-state index in [1.165, 1.54) is 25.7 Å². The molecule has 2 nitrogen and oxygen atoms in total. The molecule has 2 heteroatoms. The lowest BCUT2D eigenvalue weighted by Gasteiger charge is -2.41. The van der Waals surface area contributed by atoms with E-state index in [1.54, 1.807) is 0 Å². The van der Waals surface area contributed by atoms with E-state index in [1.807, 2.05) is 0 Å². The third kappa shape index (κ3) is 1.09. The largest absolute Gasteiger partial charge is 0.396 e. The van der Waals surface area contributed by atoms with Crippen LogP contribution in [0.3, 0.4) is 0 Å². The Labute approximate surface area is 68.0 Å². The first-order chi connectivity index (χ1) is 5.37. The Bertz CT molecular complexity index is 136. The molecule has 2 N–H and O–H groups in total. The molecular formula is C9H17NO. The highest BCUT2D eigenvalue weighted by molar-refractivity contribution is 4.95. The summed E-state index contributed by atoms with van der Waals surface area (Å²) in [6, 6.07) is 0. The molecule has 1 aliphatic carbocycles. The molecule has 11 heavy (non-hydrogen) atoms. The molecule has 2 fully saturated rings. The van der Waals surface area contributed by atoms with Gasteiger partial charge >= 0.3 is 0 Å². The molecule has 1 saturated carbocycles. The summed E-state index contributed by atoms with van der Waals surface area (Å²) in [5.41, 5.74) is 0.276. The van der Waals surface area contributed by atoms with Crippen LogP contribution in [0.25, 0.3) is 0 Å². The van der Waals surface area contributed by atoms with Crippen LogP contribution in [0.2, 0.25) is 0 Å². The van der Waals surface area contributed by atoms with Gasteiger partial charge in [-0.05, 0) is 31.7 Å². The third-order valence-corrected chi connectivity index (χ3v) is 3.56. The predicted molar refractivity (Wildman–Crippen MR) is 44.3 cm³/mol. The zero-order valence-corrected chi connectivity index (χ0v) is 6.97. The van der Waals surface area contributed by atoms with E-state index in [2.05, 4.69) is 5.32 Å². The molecule has 0 spiro atoms. The molecule has 0 aromatic heterocycles. The van der Waals surface area contributed by atoms with Gasteiger partial charge < -0.3 is 10.4 Å². The van der Waals surface area contributed by atoms with Gasteiger partial charge in [0.2, 0.25) is 0 Å². The lowest BCUT2D eigenvalue weighted by molar-refractivity contribution is 0.0355. The molecule has 0 amide bonds. The number of aliphatic hydroxyl groups excluding tert-OH is 1. The normalized spacial score (nSPS) is 39.0. The van der Waals surface area contributed by atoms with Crippen LogP contribution in [0, 0.1) is 11.3 Å². The van der Waals surface area contributed by atoms with Crippen molar-refractivity contribution >= 4 is 0 Å². The fourth-order valence-electron chi connectivity index (χ4n) is 2.40. The summed E-state index contributed by atoms with van der Waals surface area (Å²) in [6.45, 7) is 2.55. The van der Waals surface area contributed by atoms with Crippen molar-refractivity contribution in [1.82, 2.24) is 5.32 Å². The van der Waals surface area contributed by atoms with Gasteiger partial charge in [0, 0.05) is 12.0 Å². The van der Waals surface area contributed by atoms with Crippen LogP contribution in [0.15, 0.2) is 0 Å². The smallest absolute Gasteiger partial charge is 0.0502 e. The highest BCUT2D eigenvalue weighted by Gasteiger charge is 2.43. The second kappa shape index (κ2) is 2.76. The first kappa shape index (κ1) is 7.56. The van der Waals surface area contributed by atoms with Gasteiger partial charge in [-0.15, -0.1) is 0 Å². The SMILES string of the molecule is OCC1(C2CCC2)CCNC1. The molecule has 0 bridgehead atoms. The maximum Gasteiger partial charge on any atom is 0.0502 e.